The zero-order chi connectivity index (χ0) is 13.1. The van der Waals surface area contributed by atoms with E-state index >= 15 is 0 Å². The van der Waals surface area contributed by atoms with Gasteiger partial charge in [0.25, 0.3) is 0 Å². The Kier molecular flexibility index (Phi) is 4.23. The van der Waals surface area contributed by atoms with E-state index in [9.17, 15) is 0 Å². The fraction of sp³-hybridized carbons (Fsp3) is 0.529. The van der Waals surface area contributed by atoms with Gasteiger partial charge in [-0.05, 0) is 38.7 Å². The maximum Gasteiger partial charge on any atom is 0.0390 e. The van der Waals surface area contributed by atoms with Crippen molar-refractivity contribution < 1.29 is 0 Å². The molecule has 1 aliphatic rings. The Labute approximate surface area is 112 Å². The van der Waals surface area contributed by atoms with Crippen molar-refractivity contribution in [3.8, 4) is 0 Å². The van der Waals surface area contributed by atoms with E-state index in [0.717, 1.165) is 12.8 Å². The van der Waals surface area contributed by atoms with E-state index in [1.807, 2.05) is 0 Å². The van der Waals surface area contributed by atoms with Gasteiger partial charge in [0.15, 0.2) is 0 Å². The van der Waals surface area contributed by atoms with E-state index in [1.54, 1.807) is 0 Å². The quantitative estimate of drug-likeness (QED) is 0.703. The van der Waals surface area contributed by atoms with Gasteiger partial charge < -0.3 is 0 Å². The largest absolute Gasteiger partial charge is 0.290 e. The summed E-state index contributed by atoms with van der Waals surface area (Å²) in [5.41, 5.74) is 2.85. The fourth-order valence-corrected chi connectivity index (χ4v) is 3.26. The highest BCUT2D eigenvalue weighted by Gasteiger charge is 2.33. The summed E-state index contributed by atoms with van der Waals surface area (Å²) in [6.45, 7) is 11.2. The lowest BCUT2D eigenvalue weighted by atomic mass is 9.86. The van der Waals surface area contributed by atoms with Crippen molar-refractivity contribution in [2.45, 2.75) is 58.2 Å². The van der Waals surface area contributed by atoms with Crippen LogP contribution < -0.4 is 0 Å². The van der Waals surface area contributed by atoms with E-state index in [2.05, 4.69) is 62.6 Å². The SMILES string of the molecule is C=C1CC(CC)N(C(C)C)C(c2ccccc2)C1. The predicted octanol–water partition coefficient (Wildman–Crippen LogP) is 4.57. The average molecular weight is 243 g/mol. The van der Waals surface area contributed by atoms with Gasteiger partial charge in [-0.2, -0.15) is 0 Å². The minimum Gasteiger partial charge on any atom is -0.290 e. The third-order valence-corrected chi connectivity index (χ3v) is 4.04. The Bertz CT molecular complexity index is 393. The van der Waals surface area contributed by atoms with E-state index in [0.29, 0.717) is 18.1 Å². The molecule has 98 valence electrons. The summed E-state index contributed by atoms with van der Waals surface area (Å²) in [7, 11) is 0. The van der Waals surface area contributed by atoms with Crippen molar-refractivity contribution in [2.24, 2.45) is 0 Å². The summed E-state index contributed by atoms with van der Waals surface area (Å²) in [5, 5.41) is 0. The molecule has 1 nitrogen and oxygen atoms in total. The molecule has 0 aromatic heterocycles. The van der Waals surface area contributed by atoms with Gasteiger partial charge in [-0.15, -0.1) is 0 Å². The Morgan fingerprint density at radius 1 is 1.22 bits per heavy atom. The molecule has 2 atom stereocenters. The standard InChI is InChI=1S/C17H25N/c1-5-16-11-14(4)12-17(18(16)13(2)3)15-9-7-6-8-10-15/h6-10,13,16-17H,4-5,11-12H2,1-3H3. The van der Waals surface area contributed by atoms with E-state index in [4.69, 9.17) is 0 Å². The van der Waals surface area contributed by atoms with Crippen molar-refractivity contribution in [3.63, 3.8) is 0 Å². The van der Waals surface area contributed by atoms with E-state index < -0.39 is 0 Å². The van der Waals surface area contributed by atoms with Gasteiger partial charge in [0.1, 0.15) is 0 Å². The lowest BCUT2D eigenvalue weighted by molar-refractivity contribution is 0.0693. The first-order valence-electron chi connectivity index (χ1n) is 7.12. The summed E-state index contributed by atoms with van der Waals surface area (Å²) < 4.78 is 0. The van der Waals surface area contributed by atoms with Crippen molar-refractivity contribution in [1.82, 2.24) is 4.90 Å². The van der Waals surface area contributed by atoms with Gasteiger partial charge >= 0.3 is 0 Å². The summed E-state index contributed by atoms with van der Waals surface area (Å²) in [5.74, 6) is 0. The summed E-state index contributed by atoms with van der Waals surface area (Å²) in [4.78, 5) is 2.68. The van der Waals surface area contributed by atoms with Crippen molar-refractivity contribution >= 4 is 0 Å². The molecule has 0 amide bonds. The van der Waals surface area contributed by atoms with Crippen molar-refractivity contribution in [3.05, 3.63) is 48.0 Å². The Balaban J connectivity index is 2.32. The molecule has 18 heavy (non-hydrogen) atoms. The molecule has 0 saturated carbocycles. The molecule has 1 heteroatoms. The van der Waals surface area contributed by atoms with E-state index in [-0.39, 0.29) is 0 Å². The van der Waals surface area contributed by atoms with Crippen LogP contribution in [0.3, 0.4) is 0 Å². The van der Waals surface area contributed by atoms with Gasteiger partial charge in [-0.25, -0.2) is 0 Å². The van der Waals surface area contributed by atoms with Gasteiger partial charge in [-0.3, -0.25) is 4.90 Å². The van der Waals surface area contributed by atoms with Crippen LogP contribution in [0, 0.1) is 0 Å². The molecule has 0 aliphatic carbocycles. The molecule has 0 spiro atoms. The highest BCUT2D eigenvalue weighted by atomic mass is 15.2. The second kappa shape index (κ2) is 5.71. The second-order valence-corrected chi connectivity index (χ2v) is 5.69. The first-order chi connectivity index (χ1) is 8.63. The Morgan fingerprint density at radius 2 is 1.89 bits per heavy atom. The number of hydrogen-bond acceptors (Lipinski definition) is 1. The lowest BCUT2D eigenvalue weighted by Crippen LogP contribution is -2.46. The number of piperidine rings is 1. The van der Waals surface area contributed by atoms with Gasteiger partial charge in [0, 0.05) is 18.1 Å². The summed E-state index contributed by atoms with van der Waals surface area (Å²) >= 11 is 0. The highest BCUT2D eigenvalue weighted by Crippen LogP contribution is 2.38. The number of benzene rings is 1. The molecule has 1 aliphatic heterocycles. The molecule has 0 bridgehead atoms. The number of nitrogens with zero attached hydrogens (tertiary/aromatic N) is 1. The molecule has 2 unspecified atom stereocenters. The van der Waals surface area contributed by atoms with Crippen LogP contribution in [0.5, 0.6) is 0 Å². The first kappa shape index (κ1) is 13.4. The zero-order valence-electron chi connectivity index (χ0n) is 11.9. The molecule has 2 rings (SSSR count). The molecule has 1 fully saturated rings. The third kappa shape index (κ3) is 2.67. The second-order valence-electron chi connectivity index (χ2n) is 5.69. The molecule has 1 heterocycles. The van der Waals surface area contributed by atoms with Gasteiger partial charge in [0.2, 0.25) is 0 Å². The molecular weight excluding hydrogens is 218 g/mol. The summed E-state index contributed by atoms with van der Waals surface area (Å²) in [6, 6.07) is 12.6. The third-order valence-electron chi connectivity index (χ3n) is 4.04. The zero-order valence-corrected chi connectivity index (χ0v) is 11.9. The molecule has 0 N–H and O–H groups in total. The lowest BCUT2D eigenvalue weighted by Gasteiger charge is -2.45. The molecular formula is C17H25N. The van der Waals surface area contributed by atoms with Crippen LogP contribution in [0.2, 0.25) is 0 Å². The smallest absolute Gasteiger partial charge is 0.0390 e. The maximum absolute atomic E-state index is 4.26. The molecule has 1 saturated heterocycles. The van der Waals surface area contributed by atoms with E-state index in [1.165, 1.54) is 17.6 Å². The Morgan fingerprint density at radius 3 is 2.44 bits per heavy atom. The minimum absolute atomic E-state index is 0.511. The van der Waals surface area contributed by atoms with Crippen LogP contribution in [0.15, 0.2) is 42.5 Å². The normalized spacial score (nSPS) is 25.7. The monoisotopic (exact) mass is 243 g/mol. The highest BCUT2D eigenvalue weighted by molar-refractivity contribution is 5.23. The number of likely N-dealkylation sites (tertiary alicyclic amines) is 1. The van der Waals surface area contributed by atoms with Crippen LogP contribution in [0.25, 0.3) is 0 Å². The minimum atomic E-state index is 0.511. The van der Waals surface area contributed by atoms with Crippen LogP contribution in [0.1, 0.15) is 51.6 Å². The predicted molar refractivity (Wildman–Crippen MR) is 78.6 cm³/mol. The molecule has 1 aromatic rings. The maximum atomic E-state index is 4.26. The molecule has 1 aromatic carbocycles. The number of rotatable bonds is 3. The Hall–Kier alpha value is -1.08. The first-order valence-corrected chi connectivity index (χ1v) is 7.12. The summed E-state index contributed by atoms with van der Waals surface area (Å²) in [6.07, 6.45) is 3.48. The fourth-order valence-electron chi connectivity index (χ4n) is 3.26. The number of hydrogen-bond donors (Lipinski definition) is 0. The van der Waals surface area contributed by atoms with Gasteiger partial charge in [-0.1, -0.05) is 49.4 Å². The van der Waals surface area contributed by atoms with Crippen molar-refractivity contribution in [1.29, 1.82) is 0 Å². The van der Waals surface area contributed by atoms with Gasteiger partial charge in [0.05, 0.1) is 0 Å². The van der Waals surface area contributed by atoms with Crippen LogP contribution in [0.4, 0.5) is 0 Å². The average Bonchev–Trinajstić information content (AvgIpc) is 2.38. The van der Waals surface area contributed by atoms with Crippen LogP contribution >= 0.6 is 0 Å². The van der Waals surface area contributed by atoms with Crippen LogP contribution in [-0.4, -0.2) is 17.0 Å². The van der Waals surface area contributed by atoms with Crippen LogP contribution in [-0.2, 0) is 0 Å². The topological polar surface area (TPSA) is 3.24 Å². The molecule has 0 radical (unpaired) electrons. The van der Waals surface area contributed by atoms with Crippen molar-refractivity contribution in [2.75, 3.05) is 0 Å².